The van der Waals surface area contributed by atoms with Gasteiger partial charge in [0.1, 0.15) is 5.75 Å². The Morgan fingerprint density at radius 3 is 2.05 bits per heavy atom. The van der Waals surface area contributed by atoms with Crippen molar-refractivity contribution >= 4 is 16.0 Å². The summed E-state index contributed by atoms with van der Waals surface area (Å²) in [5.41, 5.74) is -0.223. The van der Waals surface area contributed by atoms with Crippen molar-refractivity contribution in [1.82, 2.24) is 5.32 Å². The highest BCUT2D eigenvalue weighted by Gasteiger charge is 2.33. The molecule has 0 bridgehead atoms. The maximum Gasteiger partial charge on any atom is 0.267 e. The van der Waals surface area contributed by atoms with Crippen molar-refractivity contribution in [2.24, 2.45) is 0 Å². The second-order valence-electron chi connectivity index (χ2n) is 5.24. The minimum absolute atomic E-state index is 0.407. The monoisotopic (exact) mass is 319 g/mol. The smallest absolute Gasteiger partial charge is 0.267 e. The van der Waals surface area contributed by atoms with E-state index in [-0.39, 0.29) is 0 Å². The van der Waals surface area contributed by atoms with Gasteiger partial charge in [0, 0.05) is 5.56 Å². The molecule has 0 spiro atoms. The molecule has 0 radical (unpaired) electrons. The molecule has 1 unspecified atom stereocenters. The van der Waals surface area contributed by atoms with E-state index >= 15 is 0 Å². The third-order valence-electron chi connectivity index (χ3n) is 3.31. The van der Waals surface area contributed by atoms with E-state index in [1.165, 1.54) is 0 Å². The first kappa shape index (κ1) is 16.2. The Hall–Kier alpha value is -2.18. The summed E-state index contributed by atoms with van der Waals surface area (Å²) in [5.74, 6) is -1.02. The third kappa shape index (κ3) is 4.16. The molecular formula is C16H17NO4S. The fraction of sp³-hybridized carbons (Fsp3) is 0.188. The van der Waals surface area contributed by atoms with Gasteiger partial charge in [-0.25, -0.2) is 0 Å². The molecule has 2 N–H and O–H groups in total. The summed E-state index contributed by atoms with van der Waals surface area (Å²) in [7, 11) is -4.27. The molecule has 0 saturated heterocycles. The molecular weight excluding hydrogens is 302 g/mol. The van der Waals surface area contributed by atoms with Crippen LogP contribution in [0.15, 0.2) is 60.7 Å². The third-order valence-corrected chi connectivity index (χ3v) is 4.25. The lowest BCUT2D eigenvalue weighted by Gasteiger charge is -2.30. The van der Waals surface area contributed by atoms with Crippen molar-refractivity contribution in [1.29, 1.82) is 0 Å². The SMILES string of the molecule is CC(CS(=O)(=O)O)(NC(=O)c1ccccc1)c1ccccc1. The normalized spacial score (nSPS) is 14.1. The summed E-state index contributed by atoms with van der Waals surface area (Å²) < 4.78 is 31.9. The van der Waals surface area contributed by atoms with E-state index in [0.29, 0.717) is 11.1 Å². The second-order valence-corrected chi connectivity index (χ2v) is 6.70. The van der Waals surface area contributed by atoms with Gasteiger partial charge < -0.3 is 5.32 Å². The average Bonchev–Trinajstić information content (AvgIpc) is 2.47. The van der Waals surface area contributed by atoms with Crippen molar-refractivity contribution in [3.63, 3.8) is 0 Å². The highest BCUT2D eigenvalue weighted by molar-refractivity contribution is 7.85. The number of benzene rings is 2. The molecule has 22 heavy (non-hydrogen) atoms. The van der Waals surface area contributed by atoms with Crippen LogP contribution in [0, 0.1) is 0 Å². The molecule has 6 heteroatoms. The molecule has 2 rings (SSSR count). The Balaban J connectivity index is 2.35. The average molecular weight is 319 g/mol. The van der Waals surface area contributed by atoms with Gasteiger partial charge in [-0.1, -0.05) is 48.5 Å². The number of carbonyl (C=O) groups is 1. The van der Waals surface area contributed by atoms with Gasteiger partial charge in [-0.3, -0.25) is 9.35 Å². The molecule has 2 aromatic rings. The molecule has 0 aliphatic carbocycles. The molecule has 1 atom stereocenters. The van der Waals surface area contributed by atoms with Crippen LogP contribution in [0.4, 0.5) is 0 Å². The zero-order valence-electron chi connectivity index (χ0n) is 12.1. The summed E-state index contributed by atoms with van der Waals surface area (Å²) in [5, 5.41) is 2.70. The van der Waals surface area contributed by atoms with E-state index < -0.39 is 27.3 Å². The van der Waals surface area contributed by atoms with Crippen LogP contribution in [0.25, 0.3) is 0 Å². The topological polar surface area (TPSA) is 83.5 Å². The standard InChI is InChI=1S/C16H17NO4S/c1-16(12-22(19,20)21,14-10-6-3-7-11-14)17-15(18)13-8-4-2-5-9-13/h2-11H,12H2,1H3,(H,17,18)(H,19,20,21). The lowest BCUT2D eigenvalue weighted by molar-refractivity contribution is 0.0913. The van der Waals surface area contributed by atoms with Gasteiger partial charge in [0.05, 0.1) is 5.54 Å². The number of nitrogens with one attached hydrogen (secondary N) is 1. The Morgan fingerprint density at radius 2 is 1.55 bits per heavy atom. The Morgan fingerprint density at radius 1 is 1.05 bits per heavy atom. The molecule has 5 nitrogen and oxygen atoms in total. The minimum Gasteiger partial charge on any atom is -0.342 e. The molecule has 0 fully saturated rings. The van der Waals surface area contributed by atoms with E-state index in [1.807, 2.05) is 0 Å². The molecule has 0 aliphatic rings. The van der Waals surface area contributed by atoms with Crippen LogP contribution in [-0.2, 0) is 15.7 Å². The first-order valence-electron chi connectivity index (χ1n) is 6.68. The molecule has 1 amide bonds. The molecule has 0 saturated carbocycles. The molecule has 116 valence electrons. The van der Waals surface area contributed by atoms with Crippen molar-refractivity contribution in [2.45, 2.75) is 12.5 Å². The van der Waals surface area contributed by atoms with E-state index in [4.69, 9.17) is 0 Å². The summed E-state index contributed by atoms with van der Waals surface area (Å²) in [6.07, 6.45) is 0. The van der Waals surface area contributed by atoms with Gasteiger partial charge in [-0.2, -0.15) is 8.42 Å². The Kier molecular flexibility index (Phi) is 4.63. The van der Waals surface area contributed by atoms with E-state index in [2.05, 4.69) is 5.32 Å². The molecule has 0 aromatic heterocycles. The highest BCUT2D eigenvalue weighted by Crippen LogP contribution is 2.23. The predicted molar refractivity (Wildman–Crippen MR) is 84.1 cm³/mol. The predicted octanol–water partition coefficient (Wildman–Crippen LogP) is 2.22. The Labute approximate surface area is 129 Å². The number of hydrogen-bond donors (Lipinski definition) is 2. The van der Waals surface area contributed by atoms with Crippen molar-refractivity contribution in [3.8, 4) is 0 Å². The fourth-order valence-corrected chi connectivity index (χ4v) is 3.24. The quantitative estimate of drug-likeness (QED) is 0.828. The lowest BCUT2D eigenvalue weighted by Crippen LogP contribution is -2.48. The lowest BCUT2D eigenvalue weighted by atomic mass is 9.93. The van der Waals surface area contributed by atoms with Gasteiger partial charge in [0.2, 0.25) is 0 Å². The summed E-state index contributed by atoms with van der Waals surface area (Å²) in [6.45, 7) is 1.57. The number of hydrogen-bond acceptors (Lipinski definition) is 3. The highest BCUT2D eigenvalue weighted by atomic mass is 32.2. The minimum atomic E-state index is -4.27. The van der Waals surface area contributed by atoms with Crippen LogP contribution < -0.4 is 5.32 Å². The summed E-state index contributed by atoms with van der Waals surface area (Å²) >= 11 is 0. The first-order chi connectivity index (χ1) is 10.3. The number of carbonyl (C=O) groups excluding carboxylic acids is 1. The van der Waals surface area contributed by atoms with Gasteiger partial charge >= 0.3 is 0 Å². The second kappa shape index (κ2) is 6.29. The van der Waals surface area contributed by atoms with Gasteiger partial charge in [0.15, 0.2) is 0 Å². The van der Waals surface area contributed by atoms with E-state index in [1.54, 1.807) is 67.6 Å². The zero-order valence-corrected chi connectivity index (χ0v) is 12.9. The van der Waals surface area contributed by atoms with Crippen molar-refractivity contribution in [2.75, 3.05) is 5.75 Å². The van der Waals surface area contributed by atoms with E-state index in [9.17, 15) is 17.8 Å². The van der Waals surface area contributed by atoms with Crippen LogP contribution in [0.1, 0.15) is 22.8 Å². The van der Waals surface area contributed by atoms with Gasteiger partial charge in [-0.15, -0.1) is 0 Å². The van der Waals surface area contributed by atoms with Crippen molar-refractivity contribution in [3.05, 3.63) is 71.8 Å². The van der Waals surface area contributed by atoms with Crippen LogP contribution in [-0.4, -0.2) is 24.6 Å². The van der Waals surface area contributed by atoms with Crippen LogP contribution in [0.5, 0.6) is 0 Å². The first-order valence-corrected chi connectivity index (χ1v) is 8.29. The molecule has 0 heterocycles. The van der Waals surface area contributed by atoms with Crippen LogP contribution >= 0.6 is 0 Å². The van der Waals surface area contributed by atoms with E-state index in [0.717, 1.165) is 0 Å². The van der Waals surface area contributed by atoms with Gasteiger partial charge in [-0.05, 0) is 24.6 Å². The zero-order chi connectivity index (χ0) is 16.2. The van der Waals surface area contributed by atoms with Crippen LogP contribution in [0.3, 0.4) is 0 Å². The fourth-order valence-electron chi connectivity index (χ4n) is 2.27. The van der Waals surface area contributed by atoms with Crippen molar-refractivity contribution < 1.29 is 17.8 Å². The largest absolute Gasteiger partial charge is 0.342 e. The number of amides is 1. The maximum atomic E-state index is 12.3. The van der Waals surface area contributed by atoms with Gasteiger partial charge in [0.25, 0.3) is 16.0 Å². The maximum absolute atomic E-state index is 12.3. The molecule has 2 aromatic carbocycles. The van der Waals surface area contributed by atoms with Crippen LogP contribution in [0.2, 0.25) is 0 Å². The summed E-state index contributed by atoms with van der Waals surface area (Å²) in [4.78, 5) is 12.3. The Bertz CT molecular complexity index is 744. The summed E-state index contributed by atoms with van der Waals surface area (Å²) in [6, 6.07) is 17.2. The number of rotatable bonds is 5. The molecule has 0 aliphatic heterocycles.